The first kappa shape index (κ1) is 32.1. The van der Waals surface area contributed by atoms with Crippen molar-refractivity contribution in [3.8, 4) is 45.0 Å². The number of benzene rings is 9. The van der Waals surface area contributed by atoms with Crippen LogP contribution in [-0.4, -0.2) is 9.97 Å². The maximum absolute atomic E-state index is 6.74. The van der Waals surface area contributed by atoms with E-state index in [2.05, 4.69) is 165 Å². The number of hydrogen-bond acceptors (Lipinski definition) is 4. The minimum Gasteiger partial charge on any atom is -0.456 e. The number of hydrogen-bond donors (Lipinski definition) is 0. The summed E-state index contributed by atoms with van der Waals surface area (Å²) in [6.45, 7) is 2.15. The first-order valence-corrected chi connectivity index (χ1v) is 20.1. The summed E-state index contributed by atoms with van der Waals surface area (Å²) in [4.78, 5) is 10.6. The van der Waals surface area contributed by atoms with Gasteiger partial charge in [0.2, 0.25) is 0 Å². The number of furan rings is 1. The van der Waals surface area contributed by atoms with Crippen LogP contribution >= 0.6 is 11.3 Å². The second-order valence-corrected chi connectivity index (χ2v) is 15.9. The zero-order valence-electron chi connectivity index (χ0n) is 31.0. The highest BCUT2D eigenvalue weighted by Crippen LogP contribution is 2.45. The lowest BCUT2D eigenvalue weighted by Crippen LogP contribution is -2.00. The predicted octanol–water partition coefficient (Wildman–Crippen LogP) is 15.2. The molecule has 3 nitrogen and oxygen atoms in total. The molecule has 3 heterocycles. The standard InChI is InChI=1S/C53H32N2OS/c1-31-50(36-25-26-38-34(28-36)23-22-32-12-5-6-15-37(32)38)54-53(33-13-3-2-4-14-33)55-51(31)43-19-11-20-46-49(43)42-27-24-35(29-47(42)56-46)44-30-45-40-17-9-10-21-48(40)57-52(45)41-18-8-7-16-39(41)44/h2-30H,1H3. The van der Waals surface area contributed by atoms with Crippen LogP contribution in [-0.2, 0) is 0 Å². The zero-order chi connectivity index (χ0) is 37.6. The monoisotopic (exact) mass is 744 g/mol. The summed E-state index contributed by atoms with van der Waals surface area (Å²) in [5.74, 6) is 0.695. The normalized spacial score (nSPS) is 11.9. The molecule has 0 radical (unpaired) electrons. The summed E-state index contributed by atoms with van der Waals surface area (Å²) in [6, 6.07) is 62.9. The van der Waals surface area contributed by atoms with Crippen molar-refractivity contribution in [2.24, 2.45) is 0 Å². The Morgan fingerprint density at radius 3 is 2.02 bits per heavy atom. The predicted molar refractivity (Wildman–Crippen MR) is 241 cm³/mol. The van der Waals surface area contributed by atoms with Crippen molar-refractivity contribution in [3.63, 3.8) is 0 Å². The second-order valence-electron chi connectivity index (χ2n) is 14.9. The van der Waals surface area contributed by atoms with E-state index in [0.29, 0.717) is 5.82 Å². The van der Waals surface area contributed by atoms with Crippen molar-refractivity contribution >= 4 is 85.8 Å². The fourth-order valence-electron chi connectivity index (χ4n) is 8.91. The molecule has 57 heavy (non-hydrogen) atoms. The van der Waals surface area contributed by atoms with E-state index in [1.165, 1.54) is 58.1 Å². The van der Waals surface area contributed by atoms with Crippen molar-refractivity contribution in [2.45, 2.75) is 6.92 Å². The number of rotatable bonds is 4. The van der Waals surface area contributed by atoms with Crippen LogP contribution in [0.1, 0.15) is 5.56 Å². The first-order chi connectivity index (χ1) is 28.2. The number of aromatic nitrogens is 2. The zero-order valence-corrected chi connectivity index (χ0v) is 31.8. The lowest BCUT2D eigenvalue weighted by molar-refractivity contribution is 0.669. The average molecular weight is 745 g/mol. The third-order valence-electron chi connectivity index (χ3n) is 11.6. The maximum Gasteiger partial charge on any atom is 0.160 e. The van der Waals surface area contributed by atoms with Crippen LogP contribution < -0.4 is 0 Å². The van der Waals surface area contributed by atoms with Gasteiger partial charge in [-0.3, -0.25) is 0 Å². The average Bonchev–Trinajstić information content (AvgIpc) is 3.84. The Bertz CT molecular complexity index is 3600. The molecule has 0 bridgehead atoms. The molecular weight excluding hydrogens is 713 g/mol. The van der Waals surface area contributed by atoms with E-state index in [0.717, 1.165) is 61.1 Å². The molecule has 3 aromatic heterocycles. The SMILES string of the molecule is Cc1c(-c2ccc3c(ccc4ccccc43)c2)nc(-c2ccccc2)nc1-c1cccc2oc3cc(-c4cc5c6ccccc6sc5c5ccccc45)ccc3c12. The van der Waals surface area contributed by atoms with Crippen LogP contribution in [0.4, 0.5) is 0 Å². The molecule has 0 atom stereocenters. The Kier molecular flexibility index (Phi) is 7.01. The molecule has 0 N–H and O–H groups in total. The molecule has 0 aliphatic heterocycles. The third kappa shape index (κ3) is 4.97. The van der Waals surface area contributed by atoms with Gasteiger partial charge in [0, 0.05) is 58.6 Å². The molecule has 0 amide bonds. The molecular formula is C53H32N2OS. The minimum atomic E-state index is 0.695. The largest absolute Gasteiger partial charge is 0.456 e. The summed E-state index contributed by atoms with van der Waals surface area (Å²) in [7, 11) is 0. The van der Waals surface area contributed by atoms with Gasteiger partial charge in [0.15, 0.2) is 5.82 Å². The van der Waals surface area contributed by atoms with Crippen LogP contribution in [0.2, 0.25) is 0 Å². The third-order valence-corrected chi connectivity index (χ3v) is 12.9. The Balaban J connectivity index is 1.06. The maximum atomic E-state index is 6.74. The van der Waals surface area contributed by atoms with E-state index in [9.17, 15) is 0 Å². The summed E-state index contributed by atoms with van der Waals surface area (Å²) in [5, 5.41) is 12.1. The van der Waals surface area contributed by atoms with Crippen LogP contribution in [0.15, 0.2) is 180 Å². The van der Waals surface area contributed by atoms with Crippen LogP contribution in [0.5, 0.6) is 0 Å². The highest BCUT2D eigenvalue weighted by atomic mass is 32.1. The van der Waals surface area contributed by atoms with E-state index in [-0.39, 0.29) is 0 Å². The second kappa shape index (κ2) is 12.4. The molecule has 0 fully saturated rings. The molecule has 9 aromatic carbocycles. The van der Waals surface area contributed by atoms with Gasteiger partial charge >= 0.3 is 0 Å². The van der Waals surface area contributed by atoms with E-state index in [4.69, 9.17) is 14.4 Å². The topological polar surface area (TPSA) is 38.9 Å². The van der Waals surface area contributed by atoms with Gasteiger partial charge in [0.25, 0.3) is 0 Å². The number of fused-ring (bicyclic) bond motifs is 11. The van der Waals surface area contributed by atoms with E-state index >= 15 is 0 Å². The highest BCUT2D eigenvalue weighted by Gasteiger charge is 2.21. The fourth-order valence-corrected chi connectivity index (χ4v) is 10.1. The molecule has 0 unspecified atom stereocenters. The fraction of sp³-hybridized carbons (Fsp3) is 0.0189. The van der Waals surface area contributed by atoms with Crippen LogP contribution in [0.25, 0.3) is 119 Å². The van der Waals surface area contributed by atoms with Gasteiger partial charge in [-0.05, 0) is 81.4 Å². The van der Waals surface area contributed by atoms with Gasteiger partial charge in [-0.1, -0.05) is 140 Å². The molecule has 0 aliphatic rings. The Morgan fingerprint density at radius 2 is 1.12 bits per heavy atom. The van der Waals surface area contributed by atoms with E-state index < -0.39 is 0 Å². The molecule has 266 valence electrons. The van der Waals surface area contributed by atoms with Gasteiger partial charge < -0.3 is 4.42 Å². The van der Waals surface area contributed by atoms with Crippen molar-refractivity contribution < 1.29 is 4.42 Å². The Labute approximate surface area is 332 Å². The molecule has 0 aliphatic carbocycles. The van der Waals surface area contributed by atoms with Crippen molar-refractivity contribution in [3.05, 3.63) is 181 Å². The highest BCUT2D eigenvalue weighted by molar-refractivity contribution is 7.26. The molecule has 0 spiro atoms. The van der Waals surface area contributed by atoms with E-state index in [1.807, 2.05) is 29.5 Å². The summed E-state index contributed by atoms with van der Waals surface area (Å²) in [6.07, 6.45) is 0. The van der Waals surface area contributed by atoms with Gasteiger partial charge in [-0.25, -0.2) is 9.97 Å². The molecule has 0 saturated carbocycles. The smallest absolute Gasteiger partial charge is 0.160 e. The number of thiophene rings is 1. The Morgan fingerprint density at radius 1 is 0.421 bits per heavy atom. The molecule has 4 heteroatoms. The first-order valence-electron chi connectivity index (χ1n) is 19.3. The van der Waals surface area contributed by atoms with Gasteiger partial charge in [-0.2, -0.15) is 0 Å². The van der Waals surface area contributed by atoms with Crippen molar-refractivity contribution in [2.75, 3.05) is 0 Å². The van der Waals surface area contributed by atoms with Gasteiger partial charge in [-0.15, -0.1) is 11.3 Å². The molecule has 12 aromatic rings. The molecule has 12 rings (SSSR count). The quantitative estimate of drug-likeness (QED) is 0.168. The summed E-state index contributed by atoms with van der Waals surface area (Å²) >= 11 is 1.87. The number of nitrogens with zero attached hydrogens (tertiary/aromatic N) is 2. The lowest BCUT2D eigenvalue weighted by Gasteiger charge is -2.15. The van der Waals surface area contributed by atoms with Gasteiger partial charge in [0.1, 0.15) is 11.2 Å². The molecule has 0 saturated heterocycles. The van der Waals surface area contributed by atoms with Crippen molar-refractivity contribution in [1.82, 2.24) is 9.97 Å². The van der Waals surface area contributed by atoms with Crippen LogP contribution in [0, 0.1) is 6.92 Å². The van der Waals surface area contributed by atoms with Crippen molar-refractivity contribution in [1.29, 1.82) is 0 Å². The van der Waals surface area contributed by atoms with E-state index in [1.54, 1.807) is 0 Å². The van der Waals surface area contributed by atoms with Gasteiger partial charge in [0.05, 0.1) is 11.4 Å². The Hall–Kier alpha value is -7.14. The van der Waals surface area contributed by atoms with Crippen LogP contribution in [0.3, 0.4) is 0 Å². The summed E-state index contributed by atoms with van der Waals surface area (Å²) in [5.41, 5.74) is 9.93. The minimum absolute atomic E-state index is 0.695. The lowest BCUT2D eigenvalue weighted by atomic mass is 9.93. The summed E-state index contributed by atoms with van der Waals surface area (Å²) < 4.78 is 9.38.